The number of rotatable bonds is 6. The SMILES string of the molecule is C=C1C[C@@H]1[C@H](CC1(C)OCCO1)OC(=O)c1ccc([N+](=O)[O-])cc1. The van der Waals surface area contributed by atoms with Crippen LogP contribution in [0.4, 0.5) is 5.69 Å². The van der Waals surface area contributed by atoms with Crippen LogP contribution in [-0.2, 0) is 14.2 Å². The zero-order valence-electron chi connectivity index (χ0n) is 13.4. The van der Waals surface area contributed by atoms with E-state index in [-0.39, 0.29) is 23.3 Å². The lowest BCUT2D eigenvalue weighted by Gasteiger charge is -2.27. The molecule has 2 atom stereocenters. The molecule has 1 aliphatic carbocycles. The molecule has 3 rings (SSSR count). The fourth-order valence-electron chi connectivity index (χ4n) is 2.85. The highest BCUT2D eigenvalue weighted by Gasteiger charge is 2.44. The van der Waals surface area contributed by atoms with Gasteiger partial charge >= 0.3 is 5.97 Å². The molecule has 0 unspecified atom stereocenters. The van der Waals surface area contributed by atoms with Crippen LogP contribution in [0.2, 0.25) is 0 Å². The normalized spacial score (nSPS) is 22.9. The Kier molecular flexibility index (Phi) is 4.38. The van der Waals surface area contributed by atoms with E-state index in [1.54, 1.807) is 0 Å². The lowest BCUT2D eigenvalue weighted by atomic mass is 10.1. The van der Waals surface area contributed by atoms with Gasteiger partial charge in [0.1, 0.15) is 6.10 Å². The van der Waals surface area contributed by atoms with Gasteiger partial charge in [-0.25, -0.2) is 4.79 Å². The Labute approximate surface area is 139 Å². The van der Waals surface area contributed by atoms with E-state index in [0.717, 1.165) is 12.0 Å². The number of hydrogen-bond donors (Lipinski definition) is 0. The van der Waals surface area contributed by atoms with Gasteiger partial charge in [0.05, 0.1) is 23.7 Å². The van der Waals surface area contributed by atoms with Crippen LogP contribution in [0.15, 0.2) is 36.4 Å². The predicted octanol–water partition coefficient (Wildman–Crippen LogP) is 2.85. The maximum Gasteiger partial charge on any atom is 0.338 e. The summed E-state index contributed by atoms with van der Waals surface area (Å²) in [6.07, 6.45) is 0.854. The van der Waals surface area contributed by atoms with Gasteiger partial charge in [-0.1, -0.05) is 12.2 Å². The van der Waals surface area contributed by atoms with Gasteiger partial charge < -0.3 is 14.2 Å². The average Bonchev–Trinajstić information content (AvgIpc) is 3.13. The number of carbonyl (C=O) groups is 1. The smallest absolute Gasteiger partial charge is 0.338 e. The van der Waals surface area contributed by atoms with E-state index in [1.165, 1.54) is 24.3 Å². The van der Waals surface area contributed by atoms with E-state index in [4.69, 9.17) is 14.2 Å². The van der Waals surface area contributed by atoms with Crippen LogP contribution >= 0.6 is 0 Å². The number of nitro benzene ring substituents is 1. The second-order valence-electron chi connectivity index (χ2n) is 6.25. The van der Waals surface area contributed by atoms with Gasteiger partial charge in [0.2, 0.25) is 0 Å². The quantitative estimate of drug-likeness (QED) is 0.344. The average molecular weight is 333 g/mol. The molecule has 2 aliphatic rings. The van der Waals surface area contributed by atoms with Crippen LogP contribution in [-0.4, -0.2) is 36.0 Å². The summed E-state index contributed by atoms with van der Waals surface area (Å²) in [6, 6.07) is 5.35. The topological polar surface area (TPSA) is 87.9 Å². The molecule has 1 saturated carbocycles. The molecule has 0 aromatic heterocycles. The monoisotopic (exact) mass is 333 g/mol. The number of hydrogen-bond acceptors (Lipinski definition) is 6. The molecule has 1 aliphatic heterocycles. The molecule has 1 aromatic rings. The zero-order chi connectivity index (χ0) is 17.3. The minimum Gasteiger partial charge on any atom is -0.458 e. The van der Waals surface area contributed by atoms with E-state index in [1.807, 2.05) is 6.92 Å². The number of esters is 1. The zero-order valence-corrected chi connectivity index (χ0v) is 13.4. The first-order valence-corrected chi connectivity index (χ1v) is 7.79. The van der Waals surface area contributed by atoms with Crippen molar-refractivity contribution >= 4 is 11.7 Å². The molecule has 7 nitrogen and oxygen atoms in total. The number of carbonyl (C=O) groups excluding carboxylic acids is 1. The number of nitrogens with zero attached hydrogens (tertiary/aromatic N) is 1. The van der Waals surface area contributed by atoms with Crippen molar-refractivity contribution in [1.29, 1.82) is 0 Å². The van der Waals surface area contributed by atoms with Crippen LogP contribution in [0.1, 0.15) is 30.1 Å². The third-order valence-corrected chi connectivity index (χ3v) is 4.34. The Morgan fingerprint density at radius 1 is 1.42 bits per heavy atom. The molecule has 0 radical (unpaired) electrons. The maximum absolute atomic E-state index is 12.3. The fraction of sp³-hybridized carbons (Fsp3) is 0.471. The summed E-state index contributed by atoms with van der Waals surface area (Å²) in [4.78, 5) is 22.5. The van der Waals surface area contributed by atoms with Crippen LogP contribution in [0.5, 0.6) is 0 Å². The van der Waals surface area contributed by atoms with Crippen molar-refractivity contribution in [3.63, 3.8) is 0 Å². The Bertz CT molecular complexity index is 662. The van der Waals surface area contributed by atoms with Crippen LogP contribution in [0.3, 0.4) is 0 Å². The molecular formula is C17H19NO6. The van der Waals surface area contributed by atoms with E-state index in [9.17, 15) is 14.9 Å². The summed E-state index contributed by atoms with van der Waals surface area (Å²) in [5.41, 5.74) is 1.24. The molecule has 1 heterocycles. The Morgan fingerprint density at radius 3 is 2.50 bits per heavy atom. The van der Waals surface area contributed by atoms with Crippen molar-refractivity contribution in [2.24, 2.45) is 5.92 Å². The van der Waals surface area contributed by atoms with Crippen molar-refractivity contribution in [3.8, 4) is 0 Å². The highest BCUT2D eigenvalue weighted by molar-refractivity contribution is 5.89. The molecule has 24 heavy (non-hydrogen) atoms. The number of benzene rings is 1. The van der Waals surface area contributed by atoms with Gasteiger partial charge in [-0.15, -0.1) is 0 Å². The summed E-state index contributed by atoms with van der Waals surface area (Å²) in [5.74, 6) is -1.17. The third kappa shape index (κ3) is 3.63. The van der Waals surface area contributed by atoms with E-state index >= 15 is 0 Å². The van der Waals surface area contributed by atoms with Crippen molar-refractivity contribution in [2.75, 3.05) is 13.2 Å². The number of non-ortho nitro benzene ring substituents is 1. The van der Waals surface area contributed by atoms with E-state index < -0.39 is 16.7 Å². The standard InChI is InChI=1S/C17H19NO6/c1-11-9-14(11)15(10-17(2)22-7-8-23-17)24-16(19)12-3-5-13(6-4-12)18(20)21/h3-6,14-15H,1,7-10H2,2H3/t14-,15-/m0/s1. The molecule has 0 N–H and O–H groups in total. The molecule has 0 amide bonds. The summed E-state index contributed by atoms with van der Waals surface area (Å²) in [6.45, 7) is 6.80. The lowest BCUT2D eigenvalue weighted by molar-refractivity contribution is -0.384. The molecule has 0 spiro atoms. The summed E-state index contributed by atoms with van der Waals surface area (Å²) >= 11 is 0. The summed E-state index contributed by atoms with van der Waals surface area (Å²) in [5, 5.41) is 10.7. The Morgan fingerprint density at radius 2 is 2.00 bits per heavy atom. The molecule has 2 fully saturated rings. The highest BCUT2D eigenvalue weighted by atomic mass is 16.7. The van der Waals surface area contributed by atoms with E-state index in [0.29, 0.717) is 19.6 Å². The first-order valence-electron chi connectivity index (χ1n) is 7.79. The Hall–Kier alpha value is -2.25. The van der Waals surface area contributed by atoms with Crippen molar-refractivity contribution < 1.29 is 23.9 Å². The molecule has 1 aromatic carbocycles. The minimum atomic E-state index is -0.761. The predicted molar refractivity (Wildman–Crippen MR) is 84.5 cm³/mol. The first kappa shape index (κ1) is 16.6. The second kappa shape index (κ2) is 6.33. The van der Waals surface area contributed by atoms with Gasteiger partial charge in [0.15, 0.2) is 5.79 Å². The van der Waals surface area contributed by atoms with Gasteiger partial charge in [0, 0.05) is 24.5 Å². The van der Waals surface area contributed by atoms with Gasteiger partial charge in [-0.3, -0.25) is 10.1 Å². The summed E-state index contributed by atoms with van der Waals surface area (Å²) in [7, 11) is 0. The van der Waals surface area contributed by atoms with Crippen molar-refractivity contribution in [1.82, 2.24) is 0 Å². The lowest BCUT2D eigenvalue weighted by Crippen LogP contribution is -2.34. The van der Waals surface area contributed by atoms with Gasteiger partial charge in [-0.05, 0) is 25.5 Å². The largest absolute Gasteiger partial charge is 0.458 e. The molecule has 0 bridgehead atoms. The Balaban J connectivity index is 1.68. The second-order valence-corrected chi connectivity index (χ2v) is 6.25. The molecular weight excluding hydrogens is 314 g/mol. The molecule has 1 saturated heterocycles. The fourth-order valence-corrected chi connectivity index (χ4v) is 2.85. The maximum atomic E-state index is 12.3. The number of ether oxygens (including phenoxy) is 3. The molecule has 7 heteroatoms. The van der Waals surface area contributed by atoms with Crippen molar-refractivity contribution in [3.05, 3.63) is 52.1 Å². The first-order chi connectivity index (χ1) is 11.4. The van der Waals surface area contributed by atoms with Crippen LogP contribution in [0, 0.1) is 16.0 Å². The highest BCUT2D eigenvalue weighted by Crippen LogP contribution is 2.44. The van der Waals surface area contributed by atoms with Gasteiger partial charge in [0.25, 0.3) is 5.69 Å². The molecule has 128 valence electrons. The van der Waals surface area contributed by atoms with Gasteiger partial charge in [-0.2, -0.15) is 0 Å². The summed E-state index contributed by atoms with van der Waals surface area (Å²) < 4.78 is 16.8. The van der Waals surface area contributed by atoms with E-state index in [2.05, 4.69) is 6.58 Å². The van der Waals surface area contributed by atoms with Crippen molar-refractivity contribution in [2.45, 2.75) is 31.7 Å². The third-order valence-electron chi connectivity index (χ3n) is 4.34. The number of nitro groups is 1. The van der Waals surface area contributed by atoms with Crippen LogP contribution < -0.4 is 0 Å². The minimum absolute atomic E-state index is 0.0704. The van der Waals surface area contributed by atoms with Crippen LogP contribution in [0.25, 0.3) is 0 Å².